The summed E-state index contributed by atoms with van der Waals surface area (Å²) in [4.78, 5) is 25.9. The van der Waals surface area contributed by atoms with Crippen LogP contribution in [0, 0.1) is 27.9 Å². The molecule has 1 aromatic rings. The van der Waals surface area contributed by atoms with Crippen LogP contribution in [0.1, 0.15) is 68.3 Å². The number of carbonyl (C=O) groups is 1. The molecule has 1 amide bonds. The summed E-state index contributed by atoms with van der Waals surface area (Å²) in [5.41, 5.74) is -0.163. The maximum Gasteiger partial charge on any atom is 0.320 e. The van der Waals surface area contributed by atoms with Gasteiger partial charge in [-0.25, -0.2) is 0 Å². The zero-order valence-electron chi connectivity index (χ0n) is 15.1. The van der Waals surface area contributed by atoms with Crippen molar-refractivity contribution in [3.05, 3.63) is 22.0 Å². The van der Waals surface area contributed by atoms with Gasteiger partial charge >= 0.3 is 5.69 Å². The zero-order valence-corrected chi connectivity index (χ0v) is 15.1. The number of carbonyl (C=O) groups excluding carboxylic acids is 1. The molecule has 0 atom stereocenters. The molecule has 0 spiro atoms. The van der Waals surface area contributed by atoms with E-state index in [9.17, 15) is 14.9 Å². The van der Waals surface area contributed by atoms with E-state index in [0.29, 0.717) is 13.1 Å². The number of nitro groups is 1. The van der Waals surface area contributed by atoms with E-state index >= 15 is 0 Å². The Kier molecular flexibility index (Phi) is 3.62. The number of hydrogen-bond donors (Lipinski definition) is 0. The summed E-state index contributed by atoms with van der Waals surface area (Å²) in [7, 11) is 0. The van der Waals surface area contributed by atoms with Crippen LogP contribution in [0.4, 0.5) is 5.69 Å². The summed E-state index contributed by atoms with van der Waals surface area (Å²) < 4.78 is 1.84. The fourth-order valence-electron chi connectivity index (χ4n) is 6.49. The van der Waals surface area contributed by atoms with Crippen LogP contribution < -0.4 is 0 Å². The summed E-state index contributed by atoms with van der Waals surface area (Å²) in [5, 5.41) is 16.2. The lowest BCUT2D eigenvalue weighted by Crippen LogP contribution is -2.52. The van der Waals surface area contributed by atoms with E-state index in [1.807, 2.05) is 4.68 Å². The van der Waals surface area contributed by atoms with Crippen LogP contribution >= 0.6 is 0 Å². The minimum Gasteiger partial charge on any atom is -0.337 e. The Balaban J connectivity index is 1.51. The Hall–Kier alpha value is -1.92. The maximum atomic E-state index is 12.9. The van der Waals surface area contributed by atoms with Crippen molar-refractivity contribution in [2.24, 2.45) is 17.8 Å². The summed E-state index contributed by atoms with van der Waals surface area (Å²) in [6.07, 6.45) is 11.7. The highest BCUT2D eigenvalue weighted by molar-refractivity contribution is 5.96. The van der Waals surface area contributed by atoms with E-state index in [4.69, 9.17) is 0 Å². The molecule has 0 N–H and O–H groups in total. The van der Waals surface area contributed by atoms with Gasteiger partial charge in [0.15, 0.2) is 0 Å². The molecular formula is C19H26N4O3. The van der Waals surface area contributed by atoms with Crippen molar-refractivity contribution in [3.8, 4) is 0 Å². The van der Waals surface area contributed by atoms with Gasteiger partial charge in [0.2, 0.25) is 5.69 Å². The Morgan fingerprint density at radius 1 is 1.08 bits per heavy atom. The van der Waals surface area contributed by atoms with E-state index in [1.54, 1.807) is 11.1 Å². The zero-order chi connectivity index (χ0) is 17.9. The second-order valence-corrected chi connectivity index (χ2v) is 9.06. The van der Waals surface area contributed by atoms with Crippen molar-refractivity contribution in [3.63, 3.8) is 0 Å². The first kappa shape index (κ1) is 16.3. The predicted molar refractivity (Wildman–Crippen MR) is 94.8 cm³/mol. The fraction of sp³-hybridized carbons (Fsp3) is 0.789. The van der Waals surface area contributed by atoms with Crippen molar-refractivity contribution in [1.29, 1.82) is 0 Å². The molecule has 1 aliphatic heterocycles. The molecule has 0 radical (unpaired) electrons. The monoisotopic (exact) mass is 358 g/mol. The molecule has 5 fully saturated rings. The summed E-state index contributed by atoms with van der Waals surface area (Å²) in [6, 6.07) is 0. The van der Waals surface area contributed by atoms with Gasteiger partial charge in [0.1, 0.15) is 6.20 Å². The van der Waals surface area contributed by atoms with Gasteiger partial charge in [-0.2, -0.15) is 5.10 Å². The summed E-state index contributed by atoms with van der Waals surface area (Å²) >= 11 is 0. The van der Waals surface area contributed by atoms with Gasteiger partial charge in [-0.05, 0) is 75.5 Å². The molecule has 7 nitrogen and oxygen atoms in total. The number of nitrogens with zero attached hydrogens (tertiary/aromatic N) is 4. The van der Waals surface area contributed by atoms with Gasteiger partial charge in [-0.15, -0.1) is 0 Å². The normalized spacial score (nSPS) is 35.7. The van der Waals surface area contributed by atoms with Crippen LogP contribution in [0.5, 0.6) is 0 Å². The van der Waals surface area contributed by atoms with E-state index in [1.165, 1.54) is 19.3 Å². The molecule has 2 heterocycles. The molecule has 1 aromatic heterocycles. The molecule has 4 aliphatic carbocycles. The minimum atomic E-state index is -0.429. The number of likely N-dealkylation sites (tertiary alicyclic amines) is 1. The second-order valence-electron chi connectivity index (χ2n) is 9.06. The SMILES string of the molecule is O=C(c1nn(C23CC4CC(CC(C4)C2)C3)cc1[N+](=O)[O-])N1CCCCC1. The highest BCUT2D eigenvalue weighted by Gasteiger charge is 2.53. The van der Waals surface area contributed by atoms with Gasteiger partial charge in [0.25, 0.3) is 5.91 Å². The van der Waals surface area contributed by atoms with Gasteiger partial charge in [-0.3, -0.25) is 19.6 Å². The lowest BCUT2D eigenvalue weighted by Gasteiger charge is -2.56. The van der Waals surface area contributed by atoms with Crippen molar-refractivity contribution in [2.75, 3.05) is 13.1 Å². The van der Waals surface area contributed by atoms with E-state index in [0.717, 1.165) is 56.3 Å². The second kappa shape index (κ2) is 5.79. The standard InChI is InChI=1S/C19H26N4O3/c24-18(21-4-2-1-3-5-21)17-16(23(25)26)12-22(20-17)19-9-13-6-14(10-19)8-15(7-13)11-19/h12-15H,1-11H2. The van der Waals surface area contributed by atoms with Crippen LogP contribution in [-0.4, -0.2) is 38.6 Å². The highest BCUT2D eigenvalue weighted by atomic mass is 16.6. The third-order valence-corrected chi connectivity index (χ3v) is 7.23. The van der Waals surface area contributed by atoms with E-state index < -0.39 is 4.92 Å². The molecule has 6 rings (SSSR count). The highest BCUT2D eigenvalue weighted by Crippen LogP contribution is 2.58. The summed E-state index contributed by atoms with van der Waals surface area (Å²) in [5.74, 6) is 1.92. The third-order valence-electron chi connectivity index (χ3n) is 7.23. The Bertz CT molecular complexity index is 715. The van der Waals surface area contributed by atoms with Gasteiger partial charge in [-0.1, -0.05) is 0 Å². The molecular weight excluding hydrogens is 332 g/mol. The molecule has 26 heavy (non-hydrogen) atoms. The number of amides is 1. The third kappa shape index (κ3) is 2.47. The topological polar surface area (TPSA) is 81.3 Å². The average Bonchev–Trinajstić information content (AvgIpc) is 3.07. The first-order chi connectivity index (χ1) is 12.5. The summed E-state index contributed by atoms with van der Waals surface area (Å²) in [6.45, 7) is 1.36. The van der Waals surface area contributed by atoms with E-state index in [-0.39, 0.29) is 22.8 Å². The molecule has 4 bridgehead atoms. The molecule has 0 aromatic carbocycles. The van der Waals surface area contributed by atoms with Crippen molar-refractivity contribution in [1.82, 2.24) is 14.7 Å². The number of piperidine rings is 1. The molecule has 1 saturated heterocycles. The van der Waals surface area contributed by atoms with Gasteiger partial charge in [0.05, 0.1) is 10.5 Å². The van der Waals surface area contributed by atoms with Crippen LogP contribution in [0.3, 0.4) is 0 Å². The van der Waals surface area contributed by atoms with Crippen molar-refractivity contribution >= 4 is 11.6 Å². The molecule has 4 saturated carbocycles. The van der Waals surface area contributed by atoms with Gasteiger partial charge < -0.3 is 4.90 Å². The molecule has 7 heteroatoms. The Morgan fingerprint density at radius 3 is 2.19 bits per heavy atom. The minimum absolute atomic E-state index is 0.0487. The molecule has 5 aliphatic rings. The van der Waals surface area contributed by atoms with Crippen LogP contribution in [0.2, 0.25) is 0 Å². The quantitative estimate of drug-likeness (QED) is 0.613. The maximum absolute atomic E-state index is 12.9. The number of hydrogen-bond acceptors (Lipinski definition) is 4. The lowest BCUT2D eigenvalue weighted by atomic mass is 9.53. The van der Waals surface area contributed by atoms with Crippen LogP contribution in [-0.2, 0) is 5.54 Å². The van der Waals surface area contributed by atoms with Crippen LogP contribution in [0.25, 0.3) is 0 Å². The van der Waals surface area contributed by atoms with Crippen molar-refractivity contribution < 1.29 is 9.72 Å². The predicted octanol–water partition coefficient (Wildman–Crippen LogP) is 3.34. The van der Waals surface area contributed by atoms with E-state index in [2.05, 4.69) is 5.10 Å². The fourth-order valence-corrected chi connectivity index (χ4v) is 6.49. The number of rotatable bonds is 3. The Labute approximate surface area is 152 Å². The lowest BCUT2D eigenvalue weighted by molar-refractivity contribution is -0.385. The smallest absolute Gasteiger partial charge is 0.320 e. The largest absolute Gasteiger partial charge is 0.337 e. The first-order valence-corrected chi connectivity index (χ1v) is 10.1. The molecule has 0 unspecified atom stereocenters. The first-order valence-electron chi connectivity index (χ1n) is 10.1. The molecule has 140 valence electrons. The Morgan fingerprint density at radius 2 is 1.65 bits per heavy atom. The average molecular weight is 358 g/mol. The number of aromatic nitrogens is 2. The van der Waals surface area contributed by atoms with Crippen LogP contribution in [0.15, 0.2) is 6.20 Å². The van der Waals surface area contributed by atoms with Gasteiger partial charge in [0, 0.05) is 13.1 Å². The van der Waals surface area contributed by atoms with Crippen molar-refractivity contribution in [2.45, 2.75) is 63.3 Å².